The van der Waals surface area contributed by atoms with E-state index in [0.29, 0.717) is 34.5 Å². The maximum Gasteiger partial charge on any atom is 0.273 e. The minimum atomic E-state index is -0.361. The van der Waals surface area contributed by atoms with Crippen LogP contribution in [0.15, 0.2) is 54.7 Å². The standard InChI is InChI=1S/C20H16F2N4O/c1-12-16-10-15(22)5-6-17(16)23-19(12)20(27)24-18-7-8-26(25-18)11-13-3-2-4-14(21)9-13/h2-10,23H,11H2,1H3,(H,24,25,27). The van der Waals surface area contributed by atoms with Crippen molar-refractivity contribution in [3.8, 4) is 0 Å². The smallest absolute Gasteiger partial charge is 0.273 e. The van der Waals surface area contributed by atoms with Crippen LogP contribution in [0.2, 0.25) is 0 Å². The van der Waals surface area contributed by atoms with Gasteiger partial charge in [0.05, 0.1) is 6.54 Å². The van der Waals surface area contributed by atoms with Gasteiger partial charge in [-0.2, -0.15) is 5.10 Å². The van der Waals surface area contributed by atoms with Crippen molar-refractivity contribution < 1.29 is 13.6 Å². The van der Waals surface area contributed by atoms with Gasteiger partial charge < -0.3 is 10.3 Å². The molecular weight excluding hydrogens is 350 g/mol. The lowest BCUT2D eigenvalue weighted by Gasteiger charge is -2.03. The fourth-order valence-electron chi connectivity index (χ4n) is 3.04. The van der Waals surface area contributed by atoms with Crippen molar-refractivity contribution in [3.05, 3.63) is 83.2 Å². The Kier molecular flexibility index (Phi) is 4.19. The molecule has 0 saturated heterocycles. The number of hydrogen-bond acceptors (Lipinski definition) is 2. The summed E-state index contributed by atoms with van der Waals surface area (Å²) in [6, 6.07) is 12.3. The number of nitrogens with one attached hydrogen (secondary N) is 2. The molecule has 27 heavy (non-hydrogen) atoms. The number of halogens is 2. The first-order valence-electron chi connectivity index (χ1n) is 8.37. The topological polar surface area (TPSA) is 62.7 Å². The molecular formula is C20H16F2N4O. The van der Waals surface area contributed by atoms with E-state index >= 15 is 0 Å². The first-order chi connectivity index (χ1) is 13.0. The SMILES string of the molecule is Cc1c(C(=O)Nc2ccn(Cc3cccc(F)c3)n2)[nH]c2ccc(F)cc12. The van der Waals surface area contributed by atoms with E-state index in [1.165, 1.54) is 24.3 Å². The first-order valence-corrected chi connectivity index (χ1v) is 8.37. The zero-order chi connectivity index (χ0) is 19.0. The minimum absolute atomic E-state index is 0.307. The van der Waals surface area contributed by atoms with E-state index in [4.69, 9.17) is 0 Å². The molecule has 0 radical (unpaired) electrons. The predicted octanol–water partition coefficient (Wildman–Crippen LogP) is 4.25. The van der Waals surface area contributed by atoms with E-state index in [-0.39, 0.29) is 17.5 Å². The average molecular weight is 366 g/mol. The quantitative estimate of drug-likeness (QED) is 0.567. The molecule has 0 aliphatic heterocycles. The van der Waals surface area contributed by atoms with Gasteiger partial charge in [-0.1, -0.05) is 12.1 Å². The molecule has 0 aliphatic carbocycles. The highest BCUT2D eigenvalue weighted by Crippen LogP contribution is 2.23. The number of amides is 1. The summed E-state index contributed by atoms with van der Waals surface area (Å²) in [5.41, 5.74) is 2.48. The van der Waals surface area contributed by atoms with E-state index in [0.717, 1.165) is 5.56 Å². The molecule has 136 valence electrons. The third-order valence-corrected chi connectivity index (χ3v) is 4.36. The van der Waals surface area contributed by atoms with E-state index in [2.05, 4.69) is 15.4 Å². The molecule has 7 heteroatoms. The Labute approximate surface area is 153 Å². The molecule has 0 unspecified atom stereocenters. The van der Waals surface area contributed by atoms with Gasteiger partial charge in [0, 0.05) is 23.2 Å². The van der Waals surface area contributed by atoms with Crippen LogP contribution in [0.1, 0.15) is 21.6 Å². The molecule has 2 aromatic heterocycles. The van der Waals surface area contributed by atoms with Crippen molar-refractivity contribution >= 4 is 22.6 Å². The summed E-state index contributed by atoms with van der Waals surface area (Å²) in [5, 5.41) is 7.67. The van der Waals surface area contributed by atoms with Gasteiger partial charge in [-0.25, -0.2) is 8.78 Å². The van der Waals surface area contributed by atoms with Crippen molar-refractivity contribution in [2.45, 2.75) is 13.5 Å². The zero-order valence-corrected chi connectivity index (χ0v) is 14.5. The normalized spacial score (nSPS) is 11.1. The number of H-pyrrole nitrogens is 1. The van der Waals surface area contributed by atoms with Crippen LogP contribution in [0.25, 0.3) is 10.9 Å². The van der Waals surface area contributed by atoms with E-state index in [9.17, 15) is 13.6 Å². The van der Waals surface area contributed by atoms with Crippen LogP contribution in [0.4, 0.5) is 14.6 Å². The van der Waals surface area contributed by atoms with E-state index < -0.39 is 0 Å². The minimum Gasteiger partial charge on any atom is -0.350 e. The number of aryl methyl sites for hydroxylation is 1. The number of carbonyl (C=O) groups is 1. The van der Waals surface area contributed by atoms with Crippen LogP contribution < -0.4 is 5.32 Å². The van der Waals surface area contributed by atoms with Crippen molar-refractivity contribution in [3.63, 3.8) is 0 Å². The molecule has 2 heterocycles. The summed E-state index contributed by atoms with van der Waals surface area (Å²) in [5.74, 6) is -0.646. The second-order valence-electron chi connectivity index (χ2n) is 6.30. The number of aromatic amines is 1. The maximum atomic E-state index is 13.4. The molecule has 2 aromatic carbocycles. The number of fused-ring (bicyclic) bond motifs is 1. The second-order valence-corrected chi connectivity index (χ2v) is 6.30. The van der Waals surface area contributed by atoms with Crippen molar-refractivity contribution in [1.82, 2.24) is 14.8 Å². The van der Waals surface area contributed by atoms with Gasteiger partial charge >= 0.3 is 0 Å². The molecule has 0 bridgehead atoms. The zero-order valence-electron chi connectivity index (χ0n) is 14.5. The predicted molar refractivity (Wildman–Crippen MR) is 98.7 cm³/mol. The summed E-state index contributed by atoms with van der Waals surface area (Å²) in [4.78, 5) is 15.6. The maximum absolute atomic E-state index is 13.4. The average Bonchev–Trinajstić information content (AvgIpc) is 3.19. The van der Waals surface area contributed by atoms with Crippen molar-refractivity contribution in [2.75, 3.05) is 5.32 Å². The Bertz CT molecular complexity index is 1150. The summed E-state index contributed by atoms with van der Waals surface area (Å²) in [6.07, 6.45) is 1.70. The van der Waals surface area contributed by atoms with Crippen LogP contribution in [-0.2, 0) is 6.54 Å². The molecule has 0 aliphatic rings. The molecule has 1 amide bonds. The molecule has 0 saturated carbocycles. The number of anilines is 1. The number of aromatic nitrogens is 3. The summed E-state index contributed by atoms with van der Waals surface area (Å²) in [6.45, 7) is 2.15. The fraction of sp³-hybridized carbons (Fsp3) is 0.100. The monoisotopic (exact) mass is 366 g/mol. The van der Waals surface area contributed by atoms with Crippen LogP contribution in [-0.4, -0.2) is 20.7 Å². The molecule has 0 spiro atoms. The van der Waals surface area contributed by atoms with Gasteiger partial charge in [0.25, 0.3) is 5.91 Å². The fourth-order valence-corrected chi connectivity index (χ4v) is 3.04. The Balaban J connectivity index is 1.52. The third-order valence-electron chi connectivity index (χ3n) is 4.36. The number of carbonyl (C=O) groups excluding carboxylic acids is 1. The summed E-state index contributed by atoms with van der Waals surface area (Å²) >= 11 is 0. The highest BCUT2D eigenvalue weighted by atomic mass is 19.1. The van der Waals surface area contributed by atoms with Gasteiger partial charge in [0.2, 0.25) is 0 Å². The van der Waals surface area contributed by atoms with Crippen LogP contribution in [0.5, 0.6) is 0 Å². The lowest BCUT2D eigenvalue weighted by Crippen LogP contribution is -2.14. The van der Waals surface area contributed by atoms with Gasteiger partial charge in [-0.05, 0) is 48.4 Å². The molecule has 0 fully saturated rings. The number of rotatable bonds is 4. The Morgan fingerprint density at radius 2 is 1.96 bits per heavy atom. The molecule has 5 nitrogen and oxygen atoms in total. The molecule has 0 atom stereocenters. The summed E-state index contributed by atoms with van der Waals surface area (Å²) < 4.78 is 28.3. The van der Waals surface area contributed by atoms with Crippen LogP contribution >= 0.6 is 0 Å². The Hall–Kier alpha value is -3.48. The van der Waals surface area contributed by atoms with Gasteiger partial charge in [0.1, 0.15) is 17.3 Å². The number of nitrogens with zero attached hydrogens (tertiary/aromatic N) is 2. The van der Waals surface area contributed by atoms with Crippen LogP contribution in [0.3, 0.4) is 0 Å². The Morgan fingerprint density at radius 1 is 1.15 bits per heavy atom. The Morgan fingerprint density at radius 3 is 2.78 bits per heavy atom. The second kappa shape index (κ2) is 6.68. The van der Waals surface area contributed by atoms with E-state index in [1.807, 2.05) is 0 Å². The van der Waals surface area contributed by atoms with Crippen LogP contribution in [0, 0.1) is 18.6 Å². The highest BCUT2D eigenvalue weighted by Gasteiger charge is 2.16. The first kappa shape index (κ1) is 17.0. The molecule has 4 rings (SSSR count). The third kappa shape index (κ3) is 3.44. The van der Waals surface area contributed by atoms with Crippen molar-refractivity contribution in [1.29, 1.82) is 0 Å². The number of benzene rings is 2. The van der Waals surface area contributed by atoms with Gasteiger partial charge in [-0.3, -0.25) is 9.48 Å². The van der Waals surface area contributed by atoms with E-state index in [1.54, 1.807) is 42.1 Å². The largest absolute Gasteiger partial charge is 0.350 e. The van der Waals surface area contributed by atoms with Gasteiger partial charge in [0.15, 0.2) is 5.82 Å². The van der Waals surface area contributed by atoms with Crippen molar-refractivity contribution in [2.24, 2.45) is 0 Å². The van der Waals surface area contributed by atoms with Gasteiger partial charge in [-0.15, -0.1) is 0 Å². The lowest BCUT2D eigenvalue weighted by molar-refractivity contribution is 0.102. The molecule has 4 aromatic rings. The highest BCUT2D eigenvalue weighted by molar-refractivity contribution is 6.07. The summed E-state index contributed by atoms with van der Waals surface area (Å²) in [7, 11) is 0. The number of hydrogen-bond donors (Lipinski definition) is 2. The lowest BCUT2D eigenvalue weighted by atomic mass is 10.1. The molecule has 2 N–H and O–H groups in total.